The minimum Gasteiger partial charge on any atom is -0.383 e. The Morgan fingerprint density at radius 3 is 2.62 bits per heavy atom. The molecular weight excluding hydrogens is 326 g/mol. The second-order valence-corrected chi connectivity index (χ2v) is 7.46. The third-order valence-corrected chi connectivity index (χ3v) is 4.83. The lowest BCUT2D eigenvalue weighted by Crippen LogP contribution is -2.19. The molecule has 0 radical (unpaired) electrons. The summed E-state index contributed by atoms with van der Waals surface area (Å²) in [4.78, 5) is 9.39. The van der Waals surface area contributed by atoms with Crippen LogP contribution < -0.4 is 5.73 Å². The van der Waals surface area contributed by atoms with Gasteiger partial charge in [-0.3, -0.25) is 0 Å². The molecule has 3 rings (SSSR count). The molecule has 1 aliphatic carbocycles. The molecule has 2 aromatic rings. The standard InChI is InChI=1S/C17H20BrN3/c1-17(2,3)14-13(18)15(19)21-16(20-14)12-9-8-10-6-4-5-7-11(10)12/h4-7,12H,8-9H2,1-3H3,(H2,19,20,21). The normalized spacial score (nSPS) is 17.8. The molecule has 0 fully saturated rings. The van der Waals surface area contributed by atoms with Gasteiger partial charge >= 0.3 is 0 Å². The van der Waals surface area contributed by atoms with Crippen LogP contribution in [0.15, 0.2) is 28.7 Å². The van der Waals surface area contributed by atoms with Gasteiger partial charge in [-0.05, 0) is 39.9 Å². The van der Waals surface area contributed by atoms with E-state index in [-0.39, 0.29) is 11.3 Å². The molecule has 0 saturated heterocycles. The maximum absolute atomic E-state index is 6.11. The quantitative estimate of drug-likeness (QED) is 0.842. The number of nitrogens with zero attached hydrogens (tertiary/aromatic N) is 2. The van der Waals surface area contributed by atoms with Crippen LogP contribution in [0, 0.1) is 0 Å². The van der Waals surface area contributed by atoms with Crippen LogP contribution in [0.4, 0.5) is 5.82 Å². The molecule has 2 N–H and O–H groups in total. The first kappa shape index (κ1) is 14.5. The zero-order valence-electron chi connectivity index (χ0n) is 12.7. The van der Waals surface area contributed by atoms with Crippen molar-refractivity contribution in [3.8, 4) is 0 Å². The number of nitrogen functional groups attached to an aromatic ring is 1. The van der Waals surface area contributed by atoms with Crippen molar-refractivity contribution >= 4 is 21.7 Å². The van der Waals surface area contributed by atoms with Gasteiger partial charge in [-0.2, -0.15) is 0 Å². The summed E-state index contributed by atoms with van der Waals surface area (Å²) in [7, 11) is 0. The van der Waals surface area contributed by atoms with Crippen molar-refractivity contribution in [3.05, 3.63) is 51.4 Å². The van der Waals surface area contributed by atoms with Crippen molar-refractivity contribution in [2.24, 2.45) is 0 Å². The summed E-state index contributed by atoms with van der Waals surface area (Å²) in [5, 5.41) is 0. The SMILES string of the molecule is CC(C)(C)c1nc(C2CCc3ccccc32)nc(N)c1Br. The van der Waals surface area contributed by atoms with Crippen molar-refractivity contribution in [1.82, 2.24) is 9.97 Å². The number of rotatable bonds is 1. The van der Waals surface area contributed by atoms with Gasteiger partial charge in [-0.25, -0.2) is 9.97 Å². The van der Waals surface area contributed by atoms with Crippen LogP contribution in [-0.2, 0) is 11.8 Å². The summed E-state index contributed by atoms with van der Waals surface area (Å²) < 4.78 is 0.824. The molecule has 21 heavy (non-hydrogen) atoms. The smallest absolute Gasteiger partial charge is 0.141 e. The Kier molecular flexibility index (Phi) is 3.52. The molecule has 0 saturated carbocycles. The average molecular weight is 346 g/mol. The molecule has 0 spiro atoms. The summed E-state index contributed by atoms with van der Waals surface area (Å²) in [6.07, 6.45) is 2.15. The summed E-state index contributed by atoms with van der Waals surface area (Å²) in [5.74, 6) is 1.65. The number of benzene rings is 1. The monoisotopic (exact) mass is 345 g/mol. The van der Waals surface area contributed by atoms with E-state index in [1.54, 1.807) is 0 Å². The summed E-state index contributed by atoms with van der Waals surface area (Å²) in [5.41, 5.74) is 9.78. The van der Waals surface area contributed by atoms with Crippen molar-refractivity contribution < 1.29 is 0 Å². The second-order valence-electron chi connectivity index (χ2n) is 6.67. The van der Waals surface area contributed by atoms with Crippen molar-refractivity contribution in [1.29, 1.82) is 0 Å². The van der Waals surface area contributed by atoms with Gasteiger partial charge in [0.1, 0.15) is 11.6 Å². The van der Waals surface area contributed by atoms with Crippen LogP contribution in [-0.4, -0.2) is 9.97 Å². The number of hydrogen-bond acceptors (Lipinski definition) is 3. The fourth-order valence-corrected chi connectivity index (χ4v) is 3.73. The Morgan fingerprint density at radius 2 is 1.90 bits per heavy atom. The molecule has 0 amide bonds. The van der Waals surface area contributed by atoms with E-state index in [0.717, 1.165) is 28.8 Å². The number of hydrogen-bond donors (Lipinski definition) is 1. The number of halogens is 1. The lowest BCUT2D eigenvalue weighted by atomic mass is 9.91. The number of nitrogens with two attached hydrogens (primary N) is 1. The van der Waals surface area contributed by atoms with E-state index in [0.29, 0.717) is 5.82 Å². The molecule has 1 aromatic heterocycles. The molecule has 1 unspecified atom stereocenters. The fourth-order valence-electron chi connectivity index (χ4n) is 2.96. The van der Waals surface area contributed by atoms with Crippen molar-refractivity contribution in [3.63, 3.8) is 0 Å². The molecule has 1 aromatic carbocycles. The van der Waals surface area contributed by atoms with E-state index in [2.05, 4.69) is 66.0 Å². The van der Waals surface area contributed by atoms with Crippen molar-refractivity contribution in [2.45, 2.75) is 44.9 Å². The molecule has 110 valence electrons. The van der Waals surface area contributed by atoms with Gasteiger partial charge in [-0.15, -0.1) is 0 Å². The molecule has 1 atom stereocenters. The molecule has 1 aliphatic rings. The van der Waals surface area contributed by atoms with Gasteiger partial charge in [0, 0.05) is 11.3 Å². The third kappa shape index (κ3) is 2.57. The molecule has 3 nitrogen and oxygen atoms in total. The number of aryl methyl sites for hydroxylation is 1. The highest BCUT2D eigenvalue weighted by Gasteiger charge is 2.29. The van der Waals surface area contributed by atoms with Gasteiger partial charge in [0.15, 0.2) is 0 Å². The topological polar surface area (TPSA) is 51.8 Å². The highest BCUT2D eigenvalue weighted by Crippen LogP contribution is 2.39. The van der Waals surface area contributed by atoms with Gasteiger partial charge in [0.25, 0.3) is 0 Å². The van der Waals surface area contributed by atoms with Crippen LogP contribution in [0.2, 0.25) is 0 Å². The predicted octanol–water partition coefficient (Wildman–Crippen LogP) is 4.20. The third-order valence-electron chi connectivity index (χ3n) is 4.05. The van der Waals surface area contributed by atoms with Crippen LogP contribution in [0.25, 0.3) is 0 Å². The van der Waals surface area contributed by atoms with E-state index >= 15 is 0 Å². The van der Waals surface area contributed by atoms with Crippen LogP contribution in [0.5, 0.6) is 0 Å². The zero-order valence-corrected chi connectivity index (χ0v) is 14.2. The lowest BCUT2D eigenvalue weighted by Gasteiger charge is -2.22. The largest absolute Gasteiger partial charge is 0.383 e. The van der Waals surface area contributed by atoms with Crippen LogP contribution in [0.3, 0.4) is 0 Å². The van der Waals surface area contributed by atoms with Crippen LogP contribution in [0.1, 0.15) is 55.8 Å². The Balaban J connectivity index is 2.11. The minimum atomic E-state index is -0.0667. The van der Waals surface area contributed by atoms with Crippen molar-refractivity contribution in [2.75, 3.05) is 5.73 Å². The Morgan fingerprint density at radius 1 is 1.19 bits per heavy atom. The van der Waals surface area contributed by atoms with Gasteiger partial charge < -0.3 is 5.73 Å². The summed E-state index contributed by atoms with van der Waals surface area (Å²) in [6, 6.07) is 8.57. The number of aromatic nitrogens is 2. The number of fused-ring (bicyclic) bond motifs is 1. The first-order chi connectivity index (χ1) is 9.88. The molecule has 1 heterocycles. The molecule has 0 aliphatic heterocycles. The van der Waals surface area contributed by atoms with Gasteiger partial charge in [0.2, 0.25) is 0 Å². The van der Waals surface area contributed by atoms with E-state index < -0.39 is 0 Å². The first-order valence-corrected chi connectivity index (χ1v) is 8.08. The highest BCUT2D eigenvalue weighted by molar-refractivity contribution is 9.10. The number of anilines is 1. The maximum Gasteiger partial charge on any atom is 0.141 e. The van der Waals surface area contributed by atoms with E-state index in [1.165, 1.54) is 11.1 Å². The molecule has 4 heteroatoms. The van der Waals surface area contributed by atoms with Gasteiger partial charge in [-0.1, -0.05) is 45.0 Å². The molecule has 0 bridgehead atoms. The van der Waals surface area contributed by atoms with E-state index in [4.69, 9.17) is 10.7 Å². The first-order valence-electron chi connectivity index (χ1n) is 7.29. The second kappa shape index (κ2) is 5.09. The zero-order chi connectivity index (χ0) is 15.2. The van der Waals surface area contributed by atoms with Crippen LogP contribution >= 0.6 is 15.9 Å². The highest BCUT2D eigenvalue weighted by atomic mass is 79.9. The fraction of sp³-hybridized carbons (Fsp3) is 0.412. The maximum atomic E-state index is 6.11. The predicted molar refractivity (Wildman–Crippen MR) is 89.5 cm³/mol. The summed E-state index contributed by atoms with van der Waals surface area (Å²) >= 11 is 3.54. The minimum absolute atomic E-state index is 0.0667. The Bertz CT molecular complexity index is 689. The van der Waals surface area contributed by atoms with E-state index in [1.807, 2.05) is 0 Å². The van der Waals surface area contributed by atoms with Gasteiger partial charge in [0.05, 0.1) is 10.2 Å². The lowest BCUT2D eigenvalue weighted by molar-refractivity contribution is 0.554. The van der Waals surface area contributed by atoms with E-state index in [9.17, 15) is 0 Å². The Labute approximate surface area is 134 Å². The average Bonchev–Trinajstić information content (AvgIpc) is 2.84. The molecular formula is C17H20BrN3. The summed E-state index contributed by atoms with van der Waals surface area (Å²) in [6.45, 7) is 6.43. The Hall–Kier alpha value is -1.42.